The number of aromatic nitrogens is 2. The number of carbonyl (C=O) groups excluding carboxylic acids is 2. The van der Waals surface area contributed by atoms with Gasteiger partial charge in [0.1, 0.15) is 5.82 Å². The number of benzene rings is 2. The van der Waals surface area contributed by atoms with Crippen LogP contribution in [0.1, 0.15) is 59.6 Å². The topological polar surface area (TPSA) is 64.4 Å². The molecular formula is C27H29Cl2F2N3O3. The van der Waals surface area contributed by atoms with E-state index in [1.807, 2.05) is 0 Å². The normalized spacial score (nSPS) is 14.9. The van der Waals surface area contributed by atoms with Crippen LogP contribution in [0.5, 0.6) is 0 Å². The zero-order valence-electron chi connectivity index (χ0n) is 21.2. The fourth-order valence-electron chi connectivity index (χ4n) is 4.75. The molecule has 198 valence electrons. The Morgan fingerprint density at radius 2 is 1.86 bits per heavy atom. The first-order valence-electron chi connectivity index (χ1n) is 12.2. The molecule has 1 amide bonds. The Labute approximate surface area is 224 Å². The van der Waals surface area contributed by atoms with Crippen LogP contribution in [-0.4, -0.2) is 46.0 Å². The highest BCUT2D eigenvalue weighted by Gasteiger charge is 2.30. The summed E-state index contributed by atoms with van der Waals surface area (Å²) < 4.78 is 34.9. The minimum Gasteiger partial charge on any atom is -0.466 e. The highest BCUT2D eigenvalue weighted by Crippen LogP contribution is 2.35. The van der Waals surface area contributed by atoms with E-state index in [-0.39, 0.29) is 34.8 Å². The van der Waals surface area contributed by atoms with Gasteiger partial charge in [-0.05, 0) is 62.1 Å². The number of fused-ring (bicyclic) bond motifs is 1. The second-order valence-electron chi connectivity index (χ2n) is 9.52. The zero-order valence-corrected chi connectivity index (χ0v) is 22.7. The lowest BCUT2D eigenvalue weighted by atomic mass is 9.96. The standard InChI is InChI=1S/C27H29Cl2F2N3O3/c1-5-37-26(36)16-8-10-34(11-9-16)25(35)18-6-7-20(28)19(23(18)29)14-22-32-24-15(2)12-17(27(3,30)31)13-21(24)33(22)4/h6-7,12-13,16H,5,8-11,14H2,1-4H3. The van der Waals surface area contributed by atoms with E-state index in [9.17, 15) is 18.4 Å². The summed E-state index contributed by atoms with van der Waals surface area (Å²) in [5.74, 6) is -3.07. The van der Waals surface area contributed by atoms with E-state index in [2.05, 4.69) is 4.98 Å². The monoisotopic (exact) mass is 551 g/mol. The minimum absolute atomic E-state index is 0.0811. The van der Waals surface area contributed by atoms with Gasteiger partial charge in [0, 0.05) is 44.1 Å². The number of imidazole rings is 1. The summed E-state index contributed by atoms with van der Waals surface area (Å²) in [5, 5.41) is 0.613. The van der Waals surface area contributed by atoms with E-state index in [1.165, 1.54) is 12.1 Å². The van der Waals surface area contributed by atoms with Crippen LogP contribution in [0.25, 0.3) is 11.0 Å². The predicted molar refractivity (Wildman–Crippen MR) is 140 cm³/mol. The largest absolute Gasteiger partial charge is 0.466 e. The summed E-state index contributed by atoms with van der Waals surface area (Å²) in [5.41, 5.74) is 2.61. The molecule has 1 fully saturated rings. The Morgan fingerprint density at radius 1 is 1.19 bits per heavy atom. The van der Waals surface area contributed by atoms with Crippen LogP contribution in [0.15, 0.2) is 24.3 Å². The maximum atomic E-state index is 14.0. The molecule has 0 atom stereocenters. The van der Waals surface area contributed by atoms with Gasteiger partial charge in [0.15, 0.2) is 0 Å². The Hall–Kier alpha value is -2.71. The first-order valence-corrected chi connectivity index (χ1v) is 12.9. The molecule has 0 unspecified atom stereocenters. The SMILES string of the molecule is CCOC(=O)C1CCN(C(=O)c2ccc(Cl)c(Cc3nc4c(C)cc(C(C)(F)F)cc4n3C)c2Cl)CC1. The van der Waals surface area contributed by atoms with Gasteiger partial charge in [-0.25, -0.2) is 13.8 Å². The van der Waals surface area contributed by atoms with Gasteiger partial charge in [-0.3, -0.25) is 9.59 Å². The molecule has 1 aromatic heterocycles. The third-order valence-corrected chi connectivity index (χ3v) is 7.72. The van der Waals surface area contributed by atoms with Gasteiger partial charge in [0.25, 0.3) is 11.8 Å². The van der Waals surface area contributed by atoms with Crippen molar-refractivity contribution in [1.82, 2.24) is 14.5 Å². The molecule has 6 nitrogen and oxygen atoms in total. The van der Waals surface area contributed by atoms with Gasteiger partial charge >= 0.3 is 5.97 Å². The maximum Gasteiger partial charge on any atom is 0.309 e. The van der Waals surface area contributed by atoms with Gasteiger partial charge < -0.3 is 14.2 Å². The fourth-order valence-corrected chi connectivity index (χ4v) is 5.33. The molecule has 2 aromatic carbocycles. The number of nitrogens with zero attached hydrogens (tertiary/aromatic N) is 3. The first-order chi connectivity index (χ1) is 17.4. The van der Waals surface area contributed by atoms with Crippen molar-refractivity contribution in [2.45, 2.75) is 46.0 Å². The van der Waals surface area contributed by atoms with Crippen molar-refractivity contribution in [3.05, 3.63) is 62.4 Å². The number of esters is 1. The summed E-state index contributed by atoms with van der Waals surface area (Å²) in [6, 6.07) is 6.12. The molecule has 10 heteroatoms. The molecule has 0 bridgehead atoms. The smallest absolute Gasteiger partial charge is 0.309 e. The maximum absolute atomic E-state index is 14.0. The predicted octanol–water partition coefficient (Wildman–Crippen LogP) is 6.31. The molecule has 37 heavy (non-hydrogen) atoms. The Kier molecular flexibility index (Phi) is 7.81. The van der Waals surface area contributed by atoms with Crippen molar-refractivity contribution in [1.29, 1.82) is 0 Å². The molecule has 2 heterocycles. The number of piperidine rings is 1. The molecule has 1 aliphatic rings. The lowest BCUT2D eigenvalue weighted by molar-refractivity contribution is -0.149. The number of hydrogen-bond donors (Lipinski definition) is 0. The van der Waals surface area contributed by atoms with Crippen molar-refractivity contribution < 1.29 is 23.1 Å². The van der Waals surface area contributed by atoms with Crippen LogP contribution in [0.2, 0.25) is 10.0 Å². The van der Waals surface area contributed by atoms with Crippen molar-refractivity contribution in [2.24, 2.45) is 13.0 Å². The van der Waals surface area contributed by atoms with Gasteiger partial charge in [-0.1, -0.05) is 23.2 Å². The van der Waals surface area contributed by atoms with Crippen LogP contribution >= 0.6 is 23.2 Å². The van der Waals surface area contributed by atoms with Crippen LogP contribution in [0.4, 0.5) is 8.78 Å². The number of aryl methyl sites for hydroxylation is 2. The average molecular weight is 552 g/mol. The quantitative estimate of drug-likeness (QED) is 0.337. The summed E-state index contributed by atoms with van der Waals surface area (Å²) in [4.78, 5) is 31.7. The van der Waals surface area contributed by atoms with Crippen molar-refractivity contribution >= 4 is 46.1 Å². The van der Waals surface area contributed by atoms with Crippen molar-refractivity contribution in [2.75, 3.05) is 19.7 Å². The number of hydrogen-bond acceptors (Lipinski definition) is 4. The number of likely N-dealkylation sites (tertiary alicyclic amines) is 1. The second-order valence-corrected chi connectivity index (χ2v) is 10.3. The van der Waals surface area contributed by atoms with E-state index in [4.69, 9.17) is 27.9 Å². The average Bonchev–Trinajstić information content (AvgIpc) is 3.17. The number of alkyl halides is 2. The molecule has 0 N–H and O–H groups in total. The summed E-state index contributed by atoms with van der Waals surface area (Å²) in [7, 11) is 1.76. The van der Waals surface area contributed by atoms with Crippen LogP contribution in [-0.2, 0) is 28.9 Å². The lowest BCUT2D eigenvalue weighted by Gasteiger charge is -2.31. The fraction of sp³-hybridized carbons (Fsp3) is 0.444. The van der Waals surface area contributed by atoms with E-state index < -0.39 is 5.92 Å². The lowest BCUT2D eigenvalue weighted by Crippen LogP contribution is -2.40. The van der Waals surface area contributed by atoms with E-state index in [0.717, 1.165) is 6.92 Å². The Morgan fingerprint density at radius 3 is 2.49 bits per heavy atom. The molecule has 1 aliphatic heterocycles. The molecule has 0 spiro atoms. The van der Waals surface area contributed by atoms with Crippen LogP contribution in [0, 0.1) is 12.8 Å². The van der Waals surface area contributed by atoms with E-state index in [1.54, 1.807) is 42.5 Å². The van der Waals surface area contributed by atoms with Gasteiger partial charge in [0.05, 0.1) is 34.1 Å². The Bertz CT molecular complexity index is 1360. The highest BCUT2D eigenvalue weighted by atomic mass is 35.5. The van der Waals surface area contributed by atoms with Gasteiger partial charge in [-0.15, -0.1) is 0 Å². The molecule has 1 saturated heterocycles. The van der Waals surface area contributed by atoms with Crippen molar-refractivity contribution in [3.8, 4) is 0 Å². The van der Waals surface area contributed by atoms with Crippen molar-refractivity contribution in [3.63, 3.8) is 0 Å². The van der Waals surface area contributed by atoms with Crippen LogP contribution in [0.3, 0.4) is 0 Å². The molecule has 3 aromatic rings. The van der Waals surface area contributed by atoms with E-state index >= 15 is 0 Å². The number of rotatable bonds is 6. The molecule has 0 saturated carbocycles. The minimum atomic E-state index is -2.98. The summed E-state index contributed by atoms with van der Waals surface area (Å²) in [6.07, 6.45) is 1.27. The second kappa shape index (κ2) is 10.6. The van der Waals surface area contributed by atoms with Crippen LogP contribution < -0.4 is 0 Å². The van der Waals surface area contributed by atoms with Gasteiger partial charge in [-0.2, -0.15) is 0 Å². The zero-order chi connectivity index (χ0) is 27.1. The Balaban J connectivity index is 1.60. The molecular weight excluding hydrogens is 523 g/mol. The summed E-state index contributed by atoms with van der Waals surface area (Å²) in [6.45, 7) is 5.56. The number of carbonyl (C=O) groups is 2. The third-order valence-electron chi connectivity index (χ3n) is 6.93. The molecule has 4 rings (SSSR count). The first kappa shape index (κ1) is 27.3. The third kappa shape index (κ3) is 5.46. The van der Waals surface area contributed by atoms with E-state index in [0.29, 0.717) is 71.1 Å². The number of amides is 1. The summed E-state index contributed by atoms with van der Waals surface area (Å²) >= 11 is 13.2. The molecule has 0 aliphatic carbocycles. The highest BCUT2D eigenvalue weighted by molar-refractivity contribution is 6.38. The van der Waals surface area contributed by atoms with Gasteiger partial charge in [0.2, 0.25) is 0 Å². The molecule has 0 radical (unpaired) electrons. The number of halogens is 4. The number of ether oxygens (including phenoxy) is 1.